The molecule has 48 heavy (non-hydrogen) atoms. The number of amides is 1. The van der Waals surface area contributed by atoms with Gasteiger partial charge in [-0.2, -0.15) is 9.78 Å². The minimum absolute atomic E-state index is 0.0229. The molecule has 0 bridgehead atoms. The number of carbonyl (C=O) groups excluding carboxylic acids is 1. The van der Waals surface area contributed by atoms with E-state index < -0.39 is 31.6 Å². The Morgan fingerprint density at radius 1 is 1.08 bits per heavy atom. The predicted octanol–water partition coefficient (Wildman–Crippen LogP) is 5.69. The molecule has 0 saturated carbocycles. The van der Waals surface area contributed by atoms with Crippen molar-refractivity contribution in [1.29, 1.82) is 0 Å². The van der Waals surface area contributed by atoms with Gasteiger partial charge in [0, 0.05) is 52.7 Å². The second kappa shape index (κ2) is 12.4. The fourth-order valence-electron chi connectivity index (χ4n) is 7.63. The first kappa shape index (κ1) is 32.5. The summed E-state index contributed by atoms with van der Waals surface area (Å²) >= 11 is 3.60. The number of aliphatic hydroxyl groups excluding tert-OH is 1. The summed E-state index contributed by atoms with van der Waals surface area (Å²) in [5, 5.41) is 23.3. The first-order valence-corrected chi connectivity index (χ1v) is 19.8. The van der Waals surface area contributed by atoms with Gasteiger partial charge in [-0.3, -0.25) is 14.3 Å². The molecule has 0 unspecified atom stereocenters. The quantitative estimate of drug-likeness (QED) is 0.153. The fourth-order valence-corrected chi connectivity index (χ4v) is 10.5. The molecular weight excluding hydrogens is 695 g/mol. The Morgan fingerprint density at radius 2 is 1.90 bits per heavy atom. The Morgan fingerprint density at radius 3 is 2.69 bits per heavy atom. The molecule has 1 N–H and O–H groups in total. The summed E-state index contributed by atoms with van der Waals surface area (Å²) in [7, 11) is -3.35. The predicted molar refractivity (Wildman–Crippen MR) is 186 cm³/mol. The number of aromatic nitrogens is 5. The molecule has 4 heterocycles. The third-order valence-corrected chi connectivity index (χ3v) is 12.7. The van der Waals surface area contributed by atoms with Gasteiger partial charge in [-0.05, 0) is 61.5 Å². The highest BCUT2D eigenvalue weighted by Gasteiger charge is 2.66. The molecule has 2 aliphatic rings. The van der Waals surface area contributed by atoms with Gasteiger partial charge in [0.2, 0.25) is 8.41 Å². The topological polar surface area (TPSA) is 115 Å². The third kappa shape index (κ3) is 5.52. The molecule has 3 aromatic carbocycles. The lowest BCUT2D eigenvalue weighted by atomic mass is 9.82. The number of benzene rings is 3. The van der Waals surface area contributed by atoms with Crippen molar-refractivity contribution in [3.63, 3.8) is 0 Å². The van der Waals surface area contributed by atoms with Crippen molar-refractivity contribution in [1.82, 2.24) is 24.8 Å². The van der Waals surface area contributed by atoms with Crippen LogP contribution in [0, 0.1) is 5.92 Å². The van der Waals surface area contributed by atoms with E-state index in [1.807, 2.05) is 67.6 Å². The number of ether oxygens (including phenoxy) is 1. The number of hydrogen-bond donors (Lipinski definition) is 1. The van der Waals surface area contributed by atoms with Gasteiger partial charge in [-0.25, -0.2) is 0 Å². The highest BCUT2D eigenvalue weighted by atomic mass is 79.9. The summed E-state index contributed by atoms with van der Waals surface area (Å²) in [6, 6.07) is 20.5. The average molecular weight is 732 g/mol. The van der Waals surface area contributed by atoms with Crippen LogP contribution in [0.2, 0.25) is 18.6 Å². The third-order valence-electron chi connectivity index (χ3n) is 9.71. The van der Waals surface area contributed by atoms with Crippen molar-refractivity contribution in [3.8, 4) is 5.69 Å². The zero-order chi connectivity index (χ0) is 33.8. The van der Waals surface area contributed by atoms with E-state index >= 15 is 4.11 Å². The lowest BCUT2D eigenvalue weighted by Gasteiger charge is -2.31. The van der Waals surface area contributed by atoms with E-state index in [-0.39, 0.29) is 24.6 Å². The summed E-state index contributed by atoms with van der Waals surface area (Å²) in [4.78, 5) is 29.8. The number of hydrogen-bond acceptors (Lipinski definition) is 7. The average Bonchev–Trinajstić information content (AvgIpc) is 3.70. The maximum Gasteiger partial charge on any atom is 0.279 e. The van der Waals surface area contributed by atoms with Crippen LogP contribution in [-0.4, -0.2) is 56.9 Å². The number of aryl methyl sites for hydroxylation is 1. The Hall–Kier alpha value is -4.04. The van der Waals surface area contributed by atoms with Crippen molar-refractivity contribution in [2.45, 2.75) is 63.2 Å². The molecule has 1 spiro atoms. The van der Waals surface area contributed by atoms with Crippen LogP contribution < -0.4 is 10.5 Å². The highest BCUT2D eigenvalue weighted by Crippen LogP contribution is 2.60. The molecule has 10 nitrogen and oxygen atoms in total. The maximum absolute atomic E-state index is 16.3. The Bertz CT molecular complexity index is 2080. The zero-order valence-electron chi connectivity index (χ0n) is 26.9. The molecule has 1 amide bonds. The minimum Gasteiger partial charge on any atom is -0.396 e. The normalized spacial score (nSPS) is 22.2. The van der Waals surface area contributed by atoms with Gasteiger partial charge in [-0.1, -0.05) is 58.4 Å². The Balaban J connectivity index is 1.22. The van der Waals surface area contributed by atoms with E-state index in [1.165, 1.54) is 4.68 Å². The standard InChI is InChI=1S/C35H36BrFN6O4Si/c1-22-32(48(2,3)37)31(13-15-41-21-26(14-16-44)39-40-41)47-35(22)29-18-25(36)11-12-30(29)42(34(35)46)20-23-7-6-9-27(17-23)43-33(45)28-10-5-4-8-24(28)19-38-43/h4-12,17-19,21-22,31-32,44H,13-16,20H2,1-3H3/t22-,31+,32-,35+/m1/s1. The number of aliphatic hydroxyl groups is 1. The number of anilines is 1. The van der Waals surface area contributed by atoms with E-state index in [4.69, 9.17) is 4.74 Å². The smallest absolute Gasteiger partial charge is 0.279 e. The summed E-state index contributed by atoms with van der Waals surface area (Å²) in [5.74, 6) is -0.668. The van der Waals surface area contributed by atoms with E-state index in [1.54, 1.807) is 41.1 Å². The summed E-state index contributed by atoms with van der Waals surface area (Å²) < 4.78 is 27.0. The highest BCUT2D eigenvalue weighted by molar-refractivity contribution is 9.10. The number of nitrogens with zero attached hydrogens (tertiary/aromatic N) is 6. The van der Waals surface area contributed by atoms with Crippen LogP contribution in [0.3, 0.4) is 0 Å². The van der Waals surface area contributed by atoms with Crippen LogP contribution in [0.4, 0.5) is 9.80 Å². The largest absolute Gasteiger partial charge is 0.396 e. The maximum atomic E-state index is 16.3. The van der Waals surface area contributed by atoms with E-state index in [0.717, 1.165) is 21.0 Å². The molecule has 248 valence electrons. The van der Waals surface area contributed by atoms with Crippen LogP contribution >= 0.6 is 15.9 Å². The first-order chi connectivity index (χ1) is 23.0. The number of fused-ring (bicyclic) bond motifs is 3. The van der Waals surface area contributed by atoms with Crippen LogP contribution in [0.5, 0.6) is 0 Å². The molecule has 2 aliphatic heterocycles. The van der Waals surface area contributed by atoms with E-state index in [0.29, 0.717) is 41.8 Å². The molecule has 5 aromatic rings. The summed E-state index contributed by atoms with van der Waals surface area (Å²) in [6.45, 7) is 5.95. The van der Waals surface area contributed by atoms with Crippen molar-refractivity contribution in [2.24, 2.45) is 5.92 Å². The van der Waals surface area contributed by atoms with Crippen molar-refractivity contribution < 1.29 is 18.7 Å². The van der Waals surface area contributed by atoms with Gasteiger partial charge < -0.3 is 18.9 Å². The fraction of sp³-hybridized carbons (Fsp3) is 0.343. The van der Waals surface area contributed by atoms with Crippen molar-refractivity contribution >= 4 is 46.7 Å². The number of rotatable bonds is 9. The monoisotopic (exact) mass is 730 g/mol. The van der Waals surface area contributed by atoms with Crippen molar-refractivity contribution in [2.75, 3.05) is 11.5 Å². The van der Waals surface area contributed by atoms with Gasteiger partial charge in [0.05, 0.1) is 41.3 Å². The second-order valence-corrected chi connectivity index (χ2v) is 17.9. The minimum atomic E-state index is -3.35. The van der Waals surface area contributed by atoms with Crippen molar-refractivity contribution in [3.05, 3.63) is 111 Å². The second-order valence-electron chi connectivity index (χ2n) is 13.2. The van der Waals surface area contributed by atoms with E-state index in [9.17, 15) is 14.7 Å². The first-order valence-electron chi connectivity index (χ1n) is 16.1. The summed E-state index contributed by atoms with van der Waals surface area (Å²) in [5.41, 5.74) is 1.45. The molecule has 7 rings (SSSR count). The molecule has 0 aliphatic carbocycles. The van der Waals surface area contributed by atoms with Crippen LogP contribution in [0.1, 0.15) is 30.2 Å². The SMILES string of the molecule is C[C@@H]1[C@@H]([Si](C)(C)F)[C@H](CCn2cc(CCO)nn2)O[C@@]12C(=O)N(Cc1cccc(-n3ncc4ccccc4c3=O)c1)c1ccc(Br)cc12. The lowest BCUT2D eigenvalue weighted by Crippen LogP contribution is -2.45. The van der Waals surface area contributed by atoms with E-state index in [2.05, 4.69) is 31.3 Å². The summed E-state index contributed by atoms with van der Waals surface area (Å²) in [6.07, 6.45) is 3.78. The lowest BCUT2D eigenvalue weighted by molar-refractivity contribution is -0.146. The molecular formula is C35H36BrFN6O4Si. The molecule has 1 saturated heterocycles. The molecule has 13 heteroatoms. The Labute approximate surface area is 286 Å². The number of halogens is 2. The van der Waals surface area contributed by atoms with Crippen LogP contribution in [-0.2, 0) is 34.6 Å². The van der Waals surface area contributed by atoms with Gasteiger partial charge in [0.15, 0.2) is 5.60 Å². The number of carbonyl (C=O) groups is 1. The van der Waals surface area contributed by atoms with Crippen LogP contribution in [0.25, 0.3) is 16.5 Å². The van der Waals surface area contributed by atoms with Gasteiger partial charge >= 0.3 is 0 Å². The Kier molecular flexibility index (Phi) is 8.43. The van der Waals surface area contributed by atoms with Crippen LogP contribution in [0.15, 0.2) is 88.4 Å². The molecule has 0 radical (unpaired) electrons. The van der Waals surface area contributed by atoms with Gasteiger partial charge in [0.1, 0.15) is 0 Å². The van der Waals surface area contributed by atoms with Gasteiger partial charge in [-0.15, -0.1) is 5.10 Å². The van der Waals surface area contributed by atoms with Gasteiger partial charge in [0.25, 0.3) is 11.5 Å². The zero-order valence-corrected chi connectivity index (χ0v) is 29.5. The molecule has 2 aromatic heterocycles. The molecule has 1 fully saturated rings. The molecule has 4 atom stereocenters.